The Labute approximate surface area is 112 Å². The van der Waals surface area contributed by atoms with Gasteiger partial charge in [-0.3, -0.25) is 4.79 Å². The lowest BCUT2D eigenvalue weighted by molar-refractivity contribution is 0.102. The molecule has 0 aliphatic rings. The molecule has 0 unspecified atom stereocenters. The van der Waals surface area contributed by atoms with Crippen LogP contribution in [-0.4, -0.2) is 13.0 Å². The second-order valence-electron chi connectivity index (χ2n) is 3.98. The minimum Gasteiger partial charge on any atom is -0.496 e. The van der Waals surface area contributed by atoms with Gasteiger partial charge in [0.25, 0.3) is 5.91 Å². The normalized spacial score (nSPS) is 9.74. The number of benzene rings is 2. The van der Waals surface area contributed by atoms with Crippen LogP contribution in [0.25, 0.3) is 6.08 Å². The standard InChI is InChI=1S/C16H15NO2/c1-3-12-8-10-13(11-9-12)17-16(18)14-6-4-5-7-15(14)19-2/h3-11H,1H2,2H3,(H,17,18). The Morgan fingerprint density at radius 1 is 1.16 bits per heavy atom. The number of amides is 1. The Bertz CT molecular complexity index is 588. The molecule has 19 heavy (non-hydrogen) atoms. The van der Waals surface area contributed by atoms with Gasteiger partial charge in [0.1, 0.15) is 5.75 Å². The first-order chi connectivity index (χ1) is 9.24. The zero-order valence-electron chi connectivity index (χ0n) is 10.7. The largest absolute Gasteiger partial charge is 0.496 e. The van der Waals surface area contributed by atoms with Gasteiger partial charge in [-0.2, -0.15) is 0 Å². The molecular weight excluding hydrogens is 238 g/mol. The van der Waals surface area contributed by atoms with Gasteiger partial charge in [0.15, 0.2) is 0 Å². The van der Waals surface area contributed by atoms with Crippen molar-refractivity contribution in [3.63, 3.8) is 0 Å². The highest BCUT2D eigenvalue weighted by atomic mass is 16.5. The summed E-state index contributed by atoms with van der Waals surface area (Å²) in [4.78, 5) is 12.1. The Balaban J connectivity index is 2.18. The third-order valence-corrected chi connectivity index (χ3v) is 2.76. The minimum absolute atomic E-state index is 0.191. The van der Waals surface area contributed by atoms with E-state index in [9.17, 15) is 4.79 Å². The lowest BCUT2D eigenvalue weighted by atomic mass is 10.1. The van der Waals surface area contributed by atoms with E-state index in [1.165, 1.54) is 0 Å². The Kier molecular flexibility index (Phi) is 3.98. The van der Waals surface area contributed by atoms with Crippen molar-refractivity contribution in [2.75, 3.05) is 12.4 Å². The molecule has 3 nitrogen and oxygen atoms in total. The van der Waals surface area contributed by atoms with Crippen molar-refractivity contribution in [3.8, 4) is 5.75 Å². The maximum Gasteiger partial charge on any atom is 0.259 e. The van der Waals surface area contributed by atoms with Crippen LogP contribution in [-0.2, 0) is 0 Å². The lowest BCUT2D eigenvalue weighted by Gasteiger charge is -2.09. The SMILES string of the molecule is C=Cc1ccc(NC(=O)c2ccccc2OC)cc1. The van der Waals surface area contributed by atoms with Crippen molar-refractivity contribution in [2.45, 2.75) is 0 Å². The molecule has 0 atom stereocenters. The molecule has 0 spiro atoms. The van der Waals surface area contributed by atoms with E-state index < -0.39 is 0 Å². The van der Waals surface area contributed by atoms with Gasteiger partial charge in [0.2, 0.25) is 0 Å². The first-order valence-corrected chi connectivity index (χ1v) is 5.91. The zero-order chi connectivity index (χ0) is 13.7. The predicted octanol–water partition coefficient (Wildman–Crippen LogP) is 3.59. The molecule has 0 fully saturated rings. The molecule has 2 aromatic carbocycles. The topological polar surface area (TPSA) is 38.3 Å². The van der Waals surface area contributed by atoms with Crippen LogP contribution in [0.4, 0.5) is 5.69 Å². The molecule has 3 heteroatoms. The molecule has 0 radical (unpaired) electrons. The van der Waals surface area contributed by atoms with E-state index in [-0.39, 0.29) is 5.91 Å². The molecule has 0 saturated heterocycles. The summed E-state index contributed by atoms with van der Waals surface area (Å²) in [6.45, 7) is 3.69. The Morgan fingerprint density at radius 2 is 1.84 bits per heavy atom. The maximum atomic E-state index is 12.1. The summed E-state index contributed by atoms with van der Waals surface area (Å²) in [7, 11) is 1.55. The molecule has 0 aromatic heterocycles. The third-order valence-electron chi connectivity index (χ3n) is 2.76. The molecule has 1 N–H and O–H groups in total. The second kappa shape index (κ2) is 5.87. The van der Waals surface area contributed by atoms with Crippen LogP contribution in [0.2, 0.25) is 0 Å². The molecule has 0 heterocycles. The van der Waals surface area contributed by atoms with E-state index in [2.05, 4.69) is 11.9 Å². The van der Waals surface area contributed by atoms with Crippen molar-refractivity contribution >= 4 is 17.7 Å². The molecule has 0 saturated carbocycles. The number of para-hydroxylation sites is 1. The summed E-state index contributed by atoms with van der Waals surface area (Å²) in [5.74, 6) is 0.367. The van der Waals surface area contributed by atoms with Gasteiger partial charge in [-0.15, -0.1) is 0 Å². The van der Waals surface area contributed by atoms with Crippen LogP contribution in [0.1, 0.15) is 15.9 Å². The van der Waals surface area contributed by atoms with Gasteiger partial charge >= 0.3 is 0 Å². The number of anilines is 1. The van der Waals surface area contributed by atoms with Crippen molar-refractivity contribution in [1.29, 1.82) is 0 Å². The molecule has 2 aromatic rings. The number of rotatable bonds is 4. The maximum absolute atomic E-state index is 12.1. The number of carbonyl (C=O) groups excluding carboxylic acids is 1. The number of ether oxygens (including phenoxy) is 1. The third kappa shape index (κ3) is 3.01. The molecule has 96 valence electrons. The molecule has 0 aliphatic carbocycles. The van der Waals surface area contributed by atoms with E-state index >= 15 is 0 Å². The van der Waals surface area contributed by atoms with Crippen LogP contribution in [0.15, 0.2) is 55.1 Å². The first-order valence-electron chi connectivity index (χ1n) is 5.91. The number of nitrogens with one attached hydrogen (secondary N) is 1. The molecular formula is C16H15NO2. The Hall–Kier alpha value is -2.55. The van der Waals surface area contributed by atoms with E-state index in [1.807, 2.05) is 30.3 Å². The van der Waals surface area contributed by atoms with Gasteiger partial charge in [-0.05, 0) is 29.8 Å². The monoisotopic (exact) mass is 253 g/mol. The Morgan fingerprint density at radius 3 is 2.47 bits per heavy atom. The van der Waals surface area contributed by atoms with Gasteiger partial charge in [-0.1, -0.05) is 36.9 Å². The zero-order valence-corrected chi connectivity index (χ0v) is 10.7. The smallest absolute Gasteiger partial charge is 0.259 e. The molecule has 0 bridgehead atoms. The number of carbonyl (C=O) groups is 1. The highest BCUT2D eigenvalue weighted by molar-refractivity contribution is 6.06. The summed E-state index contributed by atoms with van der Waals surface area (Å²) >= 11 is 0. The summed E-state index contributed by atoms with van der Waals surface area (Å²) in [6.07, 6.45) is 1.76. The second-order valence-corrected chi connectivity index (χ2v) is 3.98. The van der Waals surface area contributed by atoms with E-state index in [4.69, 9.17) is 4.74 Å². The van der Waals surface area contributed by atoms with Crippen LogP contribution in [0.5, 0.6) is 5.75 Å². The first kappa shape index (κ1) is 12.9. The van der Waals surface area contributed by atoms with E-state index in [0.717, 1.165) is 11.3 Å². The fourth-order valence-corrected chi connectivity index (χ4v) is 1.73. The van der Waals surface area contributed by atoms with Crippen LogP contribution < -0.4 is 10.1 Å². The predicted molar refractivity (Wildman–Crippen MR) is 77.5 cm³/mol. The van der Waals surface area contributed by atoms with E-state index in [1.54, 1.807) is 31.4 Å². The average molecular weight is 253 g/mol. The van der Waals surface area contributed by atoms with Gasteiger partial charge in [-0.25, -0.2) is 0 Å². The van der Waals surface area contributed by atoms with Gasteiger partial charge in [0, 0.05) is 5.69 Å². The van der Waals surface area contributed by atoms with Crippen LogP contribution >= 0.6 is 0 Å². The molecule has 1 amide bonds. The number of hydrogen-bond donors (Lipinski definition) is 1. The number of methoxy groups -OCH3 is 1. The average Bonchev–Trinajstić information content (AvgIpc) is 2.48. The summed E-state index contributed by atoms with van der Waals surface area (Å²) < 4.78 is 5.17. The highest BCUT2D eigenvalue weighted by Crippen LogP contribution is 2.19. The highest BCUT2D eigenvalue weighted by Gasteiger charge is 2.11. The lowest BCUT2D eigenvalue weighted by Crippen LogP contribution is -2.12. The van der Waals surface area contributed by atoms with Crippen LogP contribution in [0, 0.1) is 0 Å². The van der Waals surface area contributed by atoms with Crippen molar-refractivity contribution in [3.05, 3.63) is 66.2 Å². The fourth-order valence-electron chi connectivity index (χ4n) is 1.73. The van der Waals surface area contributed by atoms with Crippen LogP contribution in [0.3, 0.4) is 0 Å². The number of hydrogen-bond acceptors (Lipinski definition) is 2. The quantitative estimate of drug-likeness (QED) is 0.904. The van der Waals surface area contributed by atoms with Crippen molar-refractivity contribution in [2.24, 2.45) is 0 Å². The van der Waals surface area contributed by atoms with Crippen molar-refractivity contribution < 1.29 is 9.53 Å². The fraction of sp³-hybridized carbons (Fsp3) is 0.0625. The summed E-state index contributed by atoms with van der Waals surface area (Å²) in [5.41, 5.74) is 2.26. The summed E-state index contributed by atoms with van der Waals surface area (Å²) in [5, 5.41) is 2.83. The van der Waals surface area contributed by atoms with E-state index in [0.29, 0.717) is 11.3 Å². The molecule has 0 aliphatic heterocycles. The minimum atomic E-state index is -0.191. The van der Waals surface area contributed by atoms with Gasteiger partial charge < -0.3 is 10.1 Å². The molecule has 2 rings (SSSR count). The van der Waals surface area contributed by atoms with Gasteiger partial charge in [0.05, 0.1) is 12.7 Å². The summed E-state index contributed by atoms with van der Waals surface area (Å²) in [6, 6.07) is 14.6. The van der Waals surface area contributed by atoms with Crippen molar-refractivity contribution in [1.82, 2.24) is 0 Å².